The summed E-state index contributed by atoms with van der Waals surface area (Å²) in [4.78, 5) is 0. The number of rotatable bonds is 4. The standard InChI is InChI=1S/C20H20.C5H10.C2H6/c1-4-6-10-17(5-2)19-13-16(3)14-20(15-19)18-11-8-7-9-12-18;1-4-5(2)3;1-2/h4-15H,2H2,1,3H3;4H,1-3H3;1-2H3/b6-4-,17-10+;;. The molecule has 27 heavy (non-hydrogen) atoms. The molecular weight excluding hydrogens is 324 g/mol. The molecule has 2 aromatic carbocycles. The van der Waals surface area contributed by atoms with Crippen molar-refractivity contribution in [2.24, 2.45) is 0 Å². The SMILES string of the molecule is C=C/C(=C\C=C/C)c1cc(C)cc(-c2ccccc2)c1.CC.CC=C(C)C. The van der Waals surface area contributed by atoms with E-state index in [9.17, 15) is 0 Å². The molecule has 0 spiro atoms. The maximum Gasteiger partial charge on any atom is -0.0175 e. The highest BCUT2D eigenvalue weighted by atomic mass is 14.1. The summed E-state index contributed by atoms with van der Waals surface area (Å²) in [6.07, 6.45) is 10.2. The molecule has 0 aliphatic rings. The molecule has 0 N–H and O–H groups in total. The Hall–Kier alpha value is -2.60. The lowest BCUT2D eigenvalue weighted by atomic mass is 9.96. The summed E-state index contributed by atoms with van der Waals surface area (Å²) in [7, 11) is 0. The molecular formula is C27H36. The quantitative estimate of drug-likeness (QED) is 0.377. The summed E-state index contributed by atoms with van der Waals surface area (Å²) >= 11 is 0. The van der Waals surface area contributed by atoms with Gasteiger partial charge in [0.15, 0.2) is 0 Å². The zero-order valence-corrected chi connectivity index (χ0v) is 18.2. The minimum Gasteiger partial charge on any atom is -0.0984 e. The Bertz CT molecular complexity index is 752. The van der Waals surface area contributed by atoms with Gasteiger partial charge in [-0.25, -0.2) is 0 Å². The average Bonchev–Trinajstić information content (AvgIpc) is 2.71. The van der Waals surface area contributed by atoms with Crippen molar-refractivity contribution >= 4 is 5.57 Å². The molecule has 144 valence electrons. The first kappa shape index (κ1) is 24.4. The van der Waals surface area contributed by atoms with Gasteiger partial charge in [-0.15, -0.1) is 0 Å². The van der Waals surface area contributed by atoms with Crippen LogP contribution >= 0.6 is 0 Å². The van der Waals surface area contributed by atoms with E-state index < -0.39 is 0 Å². The van der Waals surface area contributed by atoms with Crippen LogP contribution < -0.4 is 0 Å². The number of benzene rings is 2. The Labute approximate surface area is 167 Å². The Morgan fingerprint density at radius 1 is 0.889 bits per heavy atom. The number of aryl methyl sites for hydroxylation is 1. The molecule has 0 atom stereocenters. The molecule has 0 saturated heterocycles. The second kappa shape index (κ2) is 14.6. The number of hydrogen-bond donors (Lipinski definition) is 0. The summed E-state index contributed by atoms with van der Waals surface area (Å²) in [6.45, 7) is 18.3. The van der Waals surface area contributed by atoms with E-state index in [2.05, 4.69) is 82.0 Å². The fraction of sp³-hybridized carbons (Fsp3) is 0.259. The van der Waals surface area contributed by atoms with Gasteiger partial charge in [0.05, 0.1) is 0 Å². The largest absolute Gasteiger partial charge is 0.0984 e. The van der Waals surface area contributed by atoms with Crippen molar-refractivity contribution in [3.63, 3.8) is 0 Å². The molecule has 0 saturated carbocycles. The molecule has 0 aromatic heterocycles. The van der Waals surface area contributed by atoms with Crippen LogP contribution in [0.5, 0.6) is 0 Å². The van der Waals surface area contributed by atoms with Gasteiger partial charge in [-0.3, -0.25) is 0 Å². The van der Waals surface area contributed by atoms with Crippen molar-refractivity contribution in [1.82, 2.24) is 0 Å². The molecule has 0 heterocycles. The van der Waals surface area contributed by atoms with Crippen LogP contribution in [0, 0.1) is 6.92 Å². The van der Waals surface area contributed by atoms with Gasteiger partial charge in [0.1, 0.15) is 0 Å². The molecule has 0 nitrogen and oxygen atoms in total. The van der Waals surface area contributed by atoms with Gasteiger partial charge in [0.25, 0.3) is 0 Å². The summed E-state index contributed by atoms with van der Waals surface area (Å²) in [5.41, 5.74) is 7.47. The van der Waals surface area contributed by atoms with E-state index in [-0.39, 0.29) is 0 Å². The topological polar surface area (TPSA) is 0 Å². The lowest BCUT2D eigenvalue weighted by Gasteiger charge is -2.09. The van der Waals surface area contributed by atoms with E-state index in [1.54, 1.807) is 0 Å². The summed E-state index contributed by atoms with van der Waals surface area (Å²) in [6, 6.07) is 17.1. The number of hydrogen-bond acceptors (Lipinski definition) is 0. The van der Waals surface area contributed by atoms with Crippen molar-refractivity contribution in [3.8, 4) is 11.1 Å². The molecule has 2 rings (SSSR count). The van der Waals surface area contributed by atoms with Crippen molar-refractivity contribution in [2.75, 3.05) is 0 Å². The molecule has 0 aliphatic carbocycles. The first-order chi connectivity index (χ1) is 13.0. The van der Waals surface area contributed by atoms with Gasteiger partial charge < -0.3 is 0 Å². The van der Waals surface area contributed by atoms with Crippen LogP contribution in [0.2, 0.25) is 0 Å². The van der Waals surface area contributed by atoms with E-state index in [1.807, 2.05) is 52.0 Å². The van der Waals surface area contributed by atoms with E-state index >= 15 is 0 Å². The minimum absolute atomic E-state index is 1.14. The van der Waals surface area contributed by atoms with Crippen LogP contribution in [0.4, 0.5) is 0 Å². The third kappa shape index (κ3) is 9.61. The summed E-state index contributed by atoms with van der Waals surface area (Å²) in [5, 5.41) is 0. The van der Waals surface area contributed by atoms with Crippen LogP contribution in [0.3, 0.4) is 0 Å². The van der Waals surface area contributed by atoms with Crippen LogP contribution in [0.15, 0.2) is 91.1 Å². The maximum absolute atomic E-state index is 3.92. The second-order valence-electron chi connectivity index (χ2n) is 6.17. The highest BCUT2D eigenvalue weighted by Crippen LogP contribution is 2.26. The third-order valence-electron chi connectivity index (χ3n) is 3.78. The first-order valence-electron chi connectivity index (χ1n) is 9.74. The normalized spacial score (nSPS) is 10.3. The van der Waals surface area contributed by atoms with Gasteiger partial charge in [-0.05, 0) is 68.5 Å². The molecule has 0 radical (unpaired) electrons. The molecule has 0 amide bonds. The first-order valence-corrected chi connectivity index (χ1v) is 9.74. The fourth-order valence-electron chi connectivity index (χ4n) is 2.23. The lowest BCUT2D eigenvalue weighted by Crippen LogP contribution is -1.86. The predicted octanol–water partition coefficient (Wildman–Crippen LogP) is 8.81. The third-order valence-corrected chi connectivity index (χ3v) is 3.78. The highest BCUT2D eigenvalue weighted by molar-refractivity contribution is 5.79. The summed E-state index contributed by atoms with van der Waals surface area (Å²) < 4.78 is 0. The van der Waals surface area contributed by atoms with Gasteiger partial charge in [-0.2, -0.15) is 0 Å². The smallest absolute Gasteiger partial charge is 0.0175 e. The van der Waals surface area contributed by atoms with Gasteiger partial charge in [0, 0.05) is 0 Å². The van der Waals surface area contributed by atoms with Crippen molar-refractivity contribution in [3.05, 3.63) is 102 Å². The van der Waals surface area contributed by atoms with Crippen molar-refractivity contribution < 1.29 is 0 Å². The van der Waals surface area contributed by atoms with E-state index in [0.29, 0.717) is 0 Å². The molecule has 0 heteroatoms. The van der Waals surface area contributed by atoms with E-state index in [0.717, 1.165) is 5.57 Å². The zero-order chi connectivity index (χ0) is 20.7. The van der Waals surface area contributed by atoms with Crippen LogP contribution in [0.25, 0.3) is 16.7 Å². The predicted molar refractivity (Wildman–Crippen MR) is 126 cm³/mol. The Balaban J connectivity index is 0.000000838. The second-order valence-corrected chi connectivity index (χ2v) is 6.17. The fourth-order valence-corrected chi connectivity index (χ4v) is 2.23. The van der Waals surface area contributed by atoms with Crippen molar-refractivity contribution in [1.29, 1.82) is 0 Å². The number of allylic oxidation sites excluding steroid dienone is 7. The van der Waals surface area contributed by atoms with E-state index in [4.69, 9.17) is 0 Å². The maximum atomic E-state index is 3.92. The van der Waals surface area contributed by atoms with Gasteiger partial charge >= 0.3 is 0 Å². The Morgan fingerprint density at radius 3 is 1.96 bits per heavy atom. The van der Waals surface area contributed by atoms with Gasteiger partial charge in [0.2, 0.25) is 0 Å². The zero-order valence-electron chi connectivity index (χ0n) is 18.2. The molecule has 2 aromatic rings. The monoisotopic (exact) mass is 360 g/mol. The van der Waals surface area contributed by atoms with Crippen molar-refractivity contribution in [2.45, 2.75) is 48.5 Å². The molecule has 0 aliphatic heterocycles. The molecule has 0 unspecified atom stereocenters. The average molecular weight is 361 g/mol. The lowest BCUT2D eigenvalue weighted by molar-refractivity contribution is 1.36. The molecule has 0 bridgehead atoms. The minimum atomic E-state index is 1.14. The van der Waals surface area contributed by atoms with Crippen LogP contribution in [-0.4, -0.2) is 0 Å². The van der Waals surface area contributed by atoms with E-state index in [1.165, 1.54) is 27.8 Å². The molecule has 0 fully saturated rings. The highest BCUT2D eigenvalue weighted by Gasteiger charge is 2.03. The Kier molecular flexibility index (Phi) is 13.2. The summed E-state index contributed by atoms with van der Waals surface area (Å²) in [5.74, 6) is 0. The van der Waals surface area contributed by atoms with Crippen LogP contribution in [-0.2, 0) is 0 Å². The van der Waals surface area contributed by atoms with Crippen LogP contribution in [0.1, 0.15) is 52.7 Å². The Morgan fingerprint density at radius 2 is 1.48 bits per heavy atom. The van der Waals surface area contributed by atoms with Gasteiger partial charge in [-0.1, -0.05) is 98.8 Å².